The Morgan fingerprint density at radius 2 is 2.00 bits per heavy atom. The quantitative estimate of drug-likeness (QED) is 0.427. The average molecular weight is 423 g/mol. The van der Waals surface area contributed by atoms with Crippen molar-refractivity contribution in [3.63, 3.8) is 0 Å². The van der Waals surface area contributed by atoms with Crippen molar-refractivity contribution in [2.45, 2.75) is 37.3 Å². The molecule has 1 aliphatic heterocycles. The van der Waals surface area contributed by atoms with Crippen LogP contribution < -0.4 is 0 Å². The normalized spacial score (nSPS) is 23.5. The van der Waals surface area contributed by atoms with Gasteiger partial charge in [0.05, 0.1) is 11.8 Å². The highest BCUT2D eigenvalue weighted by atomic mass is 32.2. The van der Waals surface area contributed by atoms with E-state index in [0.717, 1.165) is 28.2 Å². The van der Waals surface area contributed by atoms with Crippen molar-refractivity contribution in [3.8, 4) is 11.4 Å². The summed E-state index contributed by atoms with van der Waals surface area (Å²) >= 11 is 1.80. The standard InChI is InChI=1S/C23H30N6S/c1-17-5-7-18(8-6-17)20-13-23(20)9-11-29(16-23)10-4-12-30-22-26-25-21(28(22)3)19-14-24-27(2)15-19/h5-8,14-15,20H,4,9-13,16H2,1-3H3/t20-,23+/m0/s1. The maximum Gasteiger partial charge on any atom is 0.191 e. The van der Waals surface area contributed by atoms with Crippen LogP contribution in [0.5, 0.6) is 0 Å². The van der Waals surface area contributed by atoms with E-state index in [1.54, 1.807) is 22.0 Å². The van der Waals surface area contributed by atoms with Crippen molar-refractivity contribution < 1.29 is 0 Å². The van der Waals surface area contributed by atoms with Crippen LogP contribution in [0, 0.1) is 12.3 Å². The van der Waals surface area contributed by atoms with Gasteiger partial charge in [-0.15, -0.1) is 10.2 Å². The second-order valence-corrected chi connectivity index (χ2v) is 10.1. The van der Waals surface area contributed by atoms with Crippen LogP contribution in [-0.4, -0.2) is 54.8 Å². The highest BCUT2D eigenvalue weighted by Gasteiger charge is 2.57. The van der Waals surface area contributed by atoms with Gasteiger partial charge < -0.3 is 9.47 Å². The Balaban J connectivity index is 1.09. The molecule has 1 aromatic carbocycles. The molecule has 0 radical (unpaired) electrons. The maximum absolute atomic E-state index is 4.38. The number of hydrogen-bond donors (Lipinski definition) is 0. The first-order valence-corrected chi connectivity index (χ1v) is 11.8. The third kappa shape index (κ3) is 3.81. The summed E-state index contributed by atoms with van der Waals surface area (Å²) in [6.07, 6.45) is 7.73. The molecular weight excluding hydrogens is 392 g/mol. The van der Waals surface area contributed by atoms with Gasteiger partial charge in [0, 0.05) is 32.6 Å². The van der Waals surface area contributed by atoms with Gasteiger partial charge in [0.1, 0.15) is 0 Å². The Hall–Kier alpha value is -2.12. The molecule has 1 aliphatic carbocycles. The number of thioether (sulfide) groups is 1. The molecule has 2 atom stereocenters. The summed E-state index contributed by atoms with van der Waals surface area (Å²) in [6, 6.07) is 9.21. The molecule has 30 heavy (non-hydrogen) atoms. The third-order valence-corrected chi connectivity index (χ3v) is 7.89. The fourth-order valence-corrected chi connectivity index (χ4v) is 5.76. The molecule has 1 saturated heterocycles. The van der Waals surface area contributed by atoms with E-state index in [1.165, 1.54) is 44.5 Å². The lowest BCUT2D eigenvalue weighted by molar-refractivity contribution is 0.319. The van der Waals surface area contributed by atoms with Crippen LogP contribution in [-0.2, 0) is 14.1 Å². The van der Waals surface area contributed by atoms with E-state index in [1.807, 2.05) is 26.5 Å². The van der Waals surface area contributed by atoms with Gasteiger partial charge in [-0.25, -0.2) is 0 Å². The highest BCUT2D eigenvalue weighted by molar-refractivity contribution is 7.99. The number of aryl methyl sites for hydroxylation is 2. The zero-order valence-electron chi connectivity index (χ0n) is 18.1. The van der Waals surface area contributed by atoms with E-state index in [0.29, 0.717) is 5.41 Å². The van der Waals surface area contributed by atoms with Gasteiger partial charge in [0.2, 0.25) is 0 Å². The van der Waals surface area contributed by atoms with E-state index in [-0.39, 0.29) is 0 Å². The van der Waals surface area contributed by atoms with Gasteiger partial charge in [0.15, 0.2) is 11.0 Å². The van der Waals surface area contributed by atoms with Crippen LogP contribution in [0.1, 0.15) is 36.3 Å². The first kappa shape index (κ1) is 19.8. The molecule has 3 aromatic rings. The van der Waals surface area contributed by atoms with Gasteiger partial charge in [-0.1, -0.05) is 41.6 Å². The van der Waals surface area contributed by atoms with Crippen molar-refractivity contribution >= 4 is 11.8 Å². The number of hydrogen-bond acceptors (Lipinski definition) is 5. The lowest BCUT2D eigenvalue weighted by Crippen LogP contribution is -2.23. The first-order chi connectivity index (χ1) is 14.5. The molecule has 2 fully saturated rings. The van der Waals surface area contributed by atoms with Crippen LogP contribution in [0.15, 0.2) is 41.8 Å². The van der Waals surface area contributed by atoms with Gasteiger partial charge >= 0.3 is 0 Å². The predicted molar refractivity (Wildman–Crippen MR) is 121 cm³/mol. The van der Waals surface area contributed by atoms with Gasteiger partial charge in [-0.2, -0.15) is 5.10 Å². The Morgan fingerprint density at radius 1 is 1.17 bits per heavy atom. The molecule has 158 valence electrons. The summed E-state index contributed by atoms with van der Waals surface area (Å²) < 4.78 is 3.87. The second kappa shape index (κ2) is 7.85. The minimum Gasteiger partial charge on any atom is -0.305 e. The van der Waals surface area contributed by atoms with Crippen molar-refractivity contribution in [1.82, 2.24) is 29.4 Å². The number of likely N-dealkylation sites (tertiary alicyclic amines) is 1. The Morgan fingerprint density at radius 3 is 2.77 bits per heavy atom. The lowest BCUT2D eigenvalue weighted by atomic mass is 9.98. The van der Waals surface area contributed by atoms with Crippen molar-refractivity contribution in [1.29, 1.82) is 0 Å². The largest absolute Gasteiger partial charge is 0.305 e. The molecule has 0 N–H and O–H groups in total. The maximum atomic E-state index is 4.38. The first-order valence-electron chi connectivity index (χ1n) is 10.8. The molecule has 6 nitrogen and oxygen atoms in total. The summed E-state index contributed by atoms with van der Waals surface area (Å²) in [6.45, 7) is 5.87. The van der Waals surface area contributed by atoms with E-state index in [4.69, 9.17) is 0 Å². The topological polar surface area (TPSA) is 51.8 Å². The Bertz CT molecular complexity index is 1020. The van der Waals surface area contributed by atoms with E-state index in [2.05, 4.69) is 56.0 Å². The molecule has 7 heteroatoms. The minimum atomic E-state index is 0.560. The molecule has 0 bridgehead atoms. The van der Waals surface area contributed by atoms with E-state index in [9.17, 15) is 0 Å². The lowest BCUT2D eigenvalue weighted by Gasteiger charge is -2.16. The van der Waals surface area contributed by atoms with E-state index >= 15 is 0 Å². The highest BCUT2D eigenvalue weighted by Crippen LogP contribution is 2.64. The summed E-state index contributed by atoms with van der Waals surface area (Å²) in [7, 11) is 3.95. The molecule has 3 heterocycles. The molecule has 2 aromatic heterocycles. The monoisotopic (exact) mass is 422 g/mol. The average Bonchev–Trinajstić information content (AvgIpc) is 3.04. The van der Waals surface area contributed by atoms with Crippen LogP contribution in [0.2, 0.25) is 0 Å². The van der Waals surface area contributed by atoms with Gasteiger partial charge in [0.25, 0.3) is 0 Å². The molecule has 0 unspecified atom stereocenters. The zero-order chi connectivity index (χ0) is 20.7. The van der Waals surface area contributed by atoms with Crippen molar-refractivity contribution in [3.05, 3.63) is 47.8 Å². The number of nitrogens with zero attached hydrogens (tertiary/aromatic N) is 6. The molecular formula is C23H30N6S. The van der Waals surface area contributed by atoms with Crippen LogP contribution in [0.25, 0.3) is 11.4 Å². The van der Waals surface area contributed by atoms with Crippen LogP contribution in [0.3, 0.4) is 0 Å². The van der Waals surface area contributed by atoms with Crippen LogP contribution in [0.4, 0.5) is 0 Å². The van der Waals surface area contributed by atoms with Gasteiger partial charge in [-0.3, -0.25) is 4.68 Å². The molecule has 2 aliphatic rings. The smallest absolute Gasteiger partial charge is 0.191 e. The van der Waals surface area contributed by atoms with Crippen molar-refractivity contribution in [2.75, 3.05) is 25.4 Å². The fourth-order valence-electron chi connectivity index (χ4n) is 4.92. The number of aromatic nitrogens is 5. The third-order valence-electron chi connectivity index (χ3n) is 6.78. The van der Waals surface area contributed by atoms with Crippen molar-refractivity contribution in [2.24, 2.45) is 19.5 Å². The summed E-state index contributed by atoms with van der Waals surface area (Å²) in [5, 5.41) is 13.9. The Kier molecular flexibility index (Phi) is 5.19. The van der Waals surface area contributed by atoms with Gasteiger partial charge in [-0.05, 0) is 56.2 Å². The van der Waals surface area contributed by atoms with E-state index < -0.39 is 0 Å². The summed E-state index contributed by atoms with van der Waals surface area (Å²) in [4.78, 5) is 2.67. The Labute approximate surface area is 182 Å². The molecule has 1 spiro atoms. The summed E-state index contributed by atoms with van der Waals surface area (Å²) in [5.41, 5.74) is 4.47. The zero-order valence-corrected chi connectivity index (χ0v) is 18.9. The van der Waals surface area contributed by atoms with Crippen LogP contribution >= 0.6 is 11.8 Å². The number of benzene rings is 1. The molecule has 1 saturated carbocycles. The SMILES string of the molecule is Cc1ccc([C@@H]2C[C@@]23CCN(CCCSc2nnc(-c4cnn(C)c4)n2C)C3)cc1. The predicted octanol–water partition coefficient (Wildman–Crippen LogP) is 3.89. The fraction of sp³-hybridized carbons (Fsp3) is 0.522. The molecule has 0 amide bonds. The second-order valence-electron chi connectivity index (χ2n) is 9.03. The number of rotatable bonds is 7. The minimum absolute atomic E-state index is 0.560. The summed E-state index contributed by atoms with van der Waals surface area (Å²) in [5.74, 6) is 2.73. The molecule has 5 rings (SSSR count).